The summed E-state index contributed by atoms with van der Waals surface area (Å²) in [4.78, 5) is 14.2. The maximum Gasteiger partial charge on any atom is 0.328 e. The first-order valence-corrected chi connectivity index (χ1v) is 6.89. The number of nitrogens with zero attached hydrogens (tertiary/aromatic N) is 3. The Labute approximate surface area is 120 Å². The van der Waals surface area contributed by atoms with Crippen LogP contribution in [-0.4, -0.2) is 55.1 Å². The van der Waals surface area contributed by atoms with Crippen LogP contribution in [0.4, 0.5) is 20.2 Å². The van der Waals surface area contributed by atoms with Gasteiger partial charge in [0.2, 0.25) is 5.82 Å². The molecule has 0 amide bonds. The Morgan fingerprint density at radius 3 is 2.52 bits per heavy atom. The number of nitrogens with one attached hydrogen (secondary N) is 1. The Bertz CT molecular complexity index is 557. The summed E-state index contributed by atoms with van der Waals surface area (Å²) in [6, 6.07) is 1.88. The van der Waals surface area contributed by atoms with Gasteiger partial charge in [-0.3, -0.25) is 15.0 Å². The predicted octanol–water partition coefficient (Wildman–Crippen LogP) is 0.967. The fraction of sp³-hybridized carbons (Fsp3) is 0.538. The third-order valence-corrected chi connectivity index (χ3v) is 4.06. The lowest BCUT2D eigenvalue weighted by Crippen LogP contribution is -2.63. The molecule has 2 aliphatic heterocycles. The largest absolute Gasteiger partial charge is 0.363 e. The second-order valence-corrected chi connectivity index (χ2v) is 5.36. The second kappa shape index (κ2) is 5.53. The van der Waals surface area contributed by atoms with E-state index in [0.29, 0.717) is 19.2 Å². The molecule has 21 heavy (non-hydrogen) atoms. The minimum atomic E-state index is -1.12. The molecular weight excluding hydrogens is 282 g/mol. The Kier molecular flexibility index (Phi) is 3.73. The number of hydrogen-bond donors (Lipinski definition) is 1. The number of hydrogen-bond acceptors (Lipinski definition) is 5. The molecule has 0 unspecified atom stereocenters. The van der Waals surface area contributed by atoms with Crippen LogP contribution in [0.2, 0.25) is 0 Å². The van der Waals surface area contributed by atoms with E-state index >= 15 is 0 Å². The first-order valence-electron chi connectivity index (χ1n) is 6.89. The van der Waals surface area contributed by atoms with Gasteiger partial charge < -0.3 is 10.2 Å². The highest BCUT2D eigenvalue weighted by molar-refractivity contribution is 5.65. The smallest absolute Gasteiger partial charge is 0.328 e. The van der Waals surface area contributed by atoms with Gasteiger partial charge >= 0.3 is 5.69 Å². The van der Waals surface area contributed by atoms with Crippen molar-refractivity contribution in [2.75, 3.05) is 44.2 Å². The van der Waals surface area contributed by atoms with Gasteiger partial charge in [-0.05, 0) is 0 Å². The molecule has 6 nitrogen and oxygen atoms in total. The monoisotopic (exact) mass is 298 g/mol. The van der Waals surface area contributed by atoms with Crippen LogP contribution in [0, 0.1) is 21.7 Å². The summed E-state index contributed by atoms with van der Waals surface area (Å²) in [6.07, 6.45) is 0. The molecule has 0 atom stereocenters. The van der Waals surface area contributed by atoms with E-state index in [1.807, 2.05) is 0 Å². The van der Waals surface area contributed by atoms with E-state index in [-0.39, 0.29) is 11.7 Å². The van der Waals surface area contributed by atoms with Gasteiger partial charge in [-0.25, -0.2) is 4.39 Å². The van der Waals surface area contributed by atoms with Crippen molar-refractivity contribution >= 4 is 11.4 Å². The van der Waals surface area contributed by atoms with E-state index in [2.05, 4.69) is 10.2 Å². The molecule has 0 spiro atoms. The quantitative estimate of drug-likeness (QED) is 0.665. The maximum atomic E-state index is 13.6. The first kappa shape index (κ1) is 14.2. The fourth-order valence-corrected chi connectivity index (χ4v) is 2.90. The molecule has 0 aromatic heterocycles. The van der Waals surface area contributed by atoms with Crippen molar-refractivity contribution < 1.29 is 13.7 Å². The normalized spacial score (nSPS) is 20.4. The molecule has 1 aromatic rings. The summed E-state index contributed by atoms with van der Waals surface area (Å²) in [5.41, 5.74) is -0.612. The highest BCUT2D eigenvalue weighted by Crippen LogP contribution is 2.35. The van der Waals surface area contributed by atoms with Gasteiger partial charge in [0.25, 0.3) is 0 Å². The van der Waals surface area contributed by atoms with Crippen LogP contribution in [0.1, 0.15) is 0 Å². The molecule has 0 aliphatic carbocycles. The zero-order chi connectivity index (χ0) is 15.0. The average Bonchev–Trinajstić information content (AvgIpc) is 2.36. The van der Waals surface area contributed by atoms with Gasteiger partial charge in [0.15, 0.2) is 0 Å². The Morgan fingerprint density at radius 1 is 1.24 bits per heavy atom. The molecule has 0 bridgehead atoms. The zero-order valence-corrected chi connectivity index (χ0v) is 11.4. The predicted molar refractivity (Wildman–Crippen MR) is 73.5 cm³/mol. The molecular formula is C13H16F2N4O2. The van der Waals surface area contributed by atoms with E-state index in [9.17, 15) is 18.9 Å². The third kappa shape index (κ3) is 2.68. The molecule has 2 heterocycles. The molecule has 1 aromatic carbocycles. The van der Waals surface area contributed by atoms with Gasteiger partial charge in [-0.2, -0.15) is 4.39 Å². The number of benzene rings is 1. The van der Waals surface area contributed by atoms with Crippen molar-refractivity contribution in [3.8, 4) is 0 Å². The summed E-state index contributed by atoms with van der Waals surface area (Å²) in [5, 5.41) is 14.2. The summed E-state index contributed by atoms with van der Waals surface area (Å²) in [7, 11) is 0. The minimum absolute atomic E-state index is 0.0314. The topological polar surface area (TPSA) is 61.7 Å². The summed E-state index contributed by atoms with van der Waals surface area (Å²) >= 11 is 0. The van der Waals surface area contributed by atoms with E-state index in [0.717, 1.165) is 32.2 Å². The highest BCUT2D eigenvalue weighted by atomic mass is 19.1. The number of anilines is 1. The van der Waals surface area contributed by atoms with Crippen molar-refractivity contribution in [3.05, 3.63) is 33.9 Å². The molecule has 2 aliphatic rings. The Hall–Kier alpha value is -1.80. The maximum absolute atomic E-state index is 13.6. The van der Waals surface area contributed by atoms with Crippen LogP contribution in [0.25, 0.3) is 0 Å². The van der Waals surface area contributed by atoms with Gasteiger partial charge in [0.1, 0.15) is 11.5 Å². The highest BCUT2D eigenvalue weighted by Gasteiger charge is 2.37. The molecule has 2 saturated heterocycles. The van der Waals surface area contributed by atoms with Gasteiger partial charge in [-0.1, -0.05) is 0 Å². The van der Waals surface area contributed by atoms with Crippen LogP contribution < -0.4 is 10.2 Å². The second-order valence-electron chi connectivity index (χ2n) is 5.36. The number of nitro benzene ring substituents is 1. The van der Waals surface area contributed by atoms with Gasteiger partial charge in [0, 0.05) is 57.4 Å². The van der Waals surface area contributed by atoms with E-state index in [1.165, 1.54) is 0 Å². The van der Waals surface area contributed by atoms with Gasteiger partial charge in [0.05, 0.1) is 4.92 Å². The first-order chi connectivity index (χ1) is 10.1. The van der Waals surface area contributed by atoms with Crippen molar-refractivity contribution in [1.29, 1.82) is 0 Å². The molecule has 0 saturated carbocycles. The lowest BCUT2D eigenvalue weighted by Gasteiger charge is -2.47. The molecule has 3 rings (SSSR count). The summed E-state index contributed by atoms with van der Waals surface area (Å²) in [5.74, 6) is -1.92. The number of halogens is 2. The number of rotatable bonds is 3. The van der Waals surface area contributed by atoms with Crippen LogP contribution >= 0.6 is 0 Å². The zero-order valence-electron chi connectivity index (χ0n) is 11.4. The van der Waals surface area contributed by atoms with Crippen molar-refractivity contribution in [2.24, 2.45) is 0 Å². The SMILES string of the molecule is O=[N+]([O-])c1c(F)cc(F)cc1N1CC(N2CCNCC2)C1. The summed E-state index contributed by atoms with van der Waals surface area (Å²) < 4.78 is 26.9. The van der Waals surface area contributed by atoms with E-state index in [1.54, 1.807) is 4.90 Å². The minimum Gasteiger partial charge on any atom is -0.363 e. The Morgan fingerprint density at radius 2 is 1.90 bits per heavy atom. The fourth-order valence-electron chi connectivity index (χ4n) is 2.90. The summed E-state index contributed by atoms with van der Waals surface area (Å²) in [6.45, 7) is 4.82. The average molecular weight is 298 g/mol. The third-order valence-electron chi connectivity index (χ3n) is 4.06. The van der Waals surface area contributed by atoms with Crippen LogP contribution in [0.3, 0.4) is 0 Å². The van der Waals surface area contributed by atoms with Crippen LogP contribution in [0.5, 0.6) is 0 Å². The number of piperazine rings is 1. The van der Waals surface area contributed by atoms with Crippen molar-refractivity contribution in [3.63, 3.8) is 0 Å². The lowest BCUT2D eigenvalue weighted by atomic mass is 10.0. The van der Waals surface area contributed by atoms with Crippen LogP contribution in [0.15, 0.2) is 12.1 Å². The standard InChI is InChI=1S/C13H16F2N4O2/c14-9-5-11(15)13(19(20)21)12(6-9)18-7-10(8-18)17-3-1-16-2-4-17/h5-6,10,16H,1-4,7-8H2. The Balaban J connectivity index is 1.75. The molecule has 8 heteroatoms. The molecule has 1 N–H and O–H groups in total. The molecule has 2 fully saturated rings. The van der Waals surface area contributed by atoms with E-state index in [4.69, 9.17) is 0 Å². The van der Waals surface area contributed by atoms with Crippen LogP contribution in [-0.2, 0) is 0 Å². The number of nitro groups is 1. The van der Waals surface area contributed by atoms with Crippen molar-refractivity contribution in [1.82, 2.24) is 10.2 Å². The molecule has 114 valence electrons. The van der Waals surface area contributed by atoms with E-state index < -0.39 is 22.2 Å². The lowest BCUT2D eigenvalue weighted by molar-refractivity contribution is -0.386. The van der Waals surface area contributed by atoms with Gasteiger partial charge in [-0.15, -0.1) is 0 Å². The van der Waals surface area contributed by atoms with Crippen molar-refractivity contribution in [2.45, 2.75) is 6.04 Å². The molecule has 0 radical (unpaired) electrons.